The van der Waals surface area contributed by atoms with Crippen LogP contribution in [0.1, 0.15) is 0 Å². The highest BCUT2D eigenvalue weighted by Crippen LogP contribution is 2.21. The summed E-state index contributed by atoms with van der Waals surface area (Å²) in [5, 5.41) is 0. The van der Waals surface area contributed by atoms with Crippen molar-refractivity contribution < 1.29 is 14.2 Å². The van der Waals surface area contributed by atoms with E-state index in [1.54, 1.807) is 6.26 Å². The molecule has 2 heterocycles. The lowest BCUT2D eigenvalue weighted by Crippen LogP contribution is -2.39. The van der Waals surface area contributed by atoms with Gasteiger partial charge in [-0.3, -0.25) is 0 Å². The topological polar surface area (TPSA) is 30.9 Å². The van der Waals surface area contributed by atoms with E-state index in [1.807, 2.05) is 6.08 Å². The Kier molecular flexibility index (Phi) is 4.25. The van der Waals surface area contributed by atoms with Crippen LogP contribution in [0.15, 0.2) is 12.3 Å². The number of ether oxygens (including phenoxy) is 3. The van der Waals surface area contributed by atoms with Crippen molar-refractivity contribution in [3.63, 3.8) is 0 Å². The molecular formula is C9H13NO3S2. The lowest BCUT2D eigenvalue weighted by atomic mass is 10.5. The van der Waals surface area contributed by atoms with E-state index in [9.17, 15) is 0 Å². The average molecular weight is 247 g/mol. The van der Waals surface area contributed by atoms with Crippen LogP contribution < -0.4 is 0 Å². The second-order valence-corrected chi connectivity index (χ2v) is 4.77. The number of hydrogen-bond acceptors (Lipinski definition) is 5. The molecule has 1 fully saturated rings. The minimum absolute atomic E-state index is 0.301. The van der Waals surface area contributed by atoms with Gasteiger partial charge in [-0.2, -0.15) is 0 Å². The Morgan fingerprint density at radius 3 is 2.87 bits per heavy atom. The third-order valence-corrected chi connectivity index (χ3v) is 3.53. The van der Waals surface area contributed by atoms with Gasteiger partial charge in [-0.1, -0.05) is 12.2 Å². The normalized spacial score (nSPS) is 26.1. The predicted octanol–water partition coefficient (Wildman–Crippen LogP) is 1.18. The van der Waals surface area contributed by atoms with Crippen molar-refractivity contribution >= 4 is 28.3 Å². The van der Waals surface area contributed by atoms with Gasteiger partial charge in [0.2, 0.25) is 0 Å². The molecule has 0 aromatic heterocycles. The van der Waals surface area contributed by atoms with Crippen molar-refractivity contribution in [3.05, 3.63) is 12.3 Å². The molecule has 0 aromatic carbocycles. The maximum absolute atomic E-state index is 5.35. The van der Waals surface area contributed by atoms with Crippen LogP contribution >= 0.6 is 24.0 Å². The fourth-order valence-electron chi connectivity index (χ4n) is 1.30. The largest absolute Gasteiger partial charge is 0.463 e. The van der Waals surface area contributed by atoms with E-state index in [2.05, 4.69) is 4.90 Å². The van der Waals surface area contributed by atoms with Gasteiger partial charge in [-0.15, -0.1) is 0 Å². The first kappa shape index (κ1) is 11.2. The van der Waals surface area contributed by atoms with Crippen molar-refractivity contribution in [1.82, 2.24) is 4.90 Å². The Morgan fingerprint density at radius 1 is 1.40 bits per heavy atom. The van der Waals surface area contributed by atoms with Crippen molar-refractivity contribution in [2.75, 3.05) is 32.9 Å². The second kappa shape index (κ2) is 5.69. The zero-order valence-corrected chi connectivity index (χ0v) is 9.89. The van der Waals surface area contributed by atoms with Crippen LogP contribution in [0.25, 0.3) is 0 Å². The number of nitrogens with zero attached hydrogens (tertiary/aromatic N) is 1. The van der Waals surface area contributed by atoms with Gasteiger partial charge in [0.1, 0.15) is 4.32 Å². The molecule has 2 aliphatic rings. The zero-order chi connectivity index (χ0) is 10.5. The summed E-state index contributed by atoms with van der Waals surface area (Å²) in [7, 11) is 0. The Labute approximate surface area is 98.5 Å². The van der Waals surface area contributed by atoms with Crippen LogP contribution in [0.3, 0.4) is 0 Å². The second-order valence-electron chi connectivity index (χ2n) is 3.11. The van der Waals surface area contributed by atoms with Crippen LogP contribution in [0.2, 0.25) is 0 Å². The summed E-state index contributed by atoms with van der Waals surface area (Å²) in [6, 6.07) is 0. The number of hydrogen-bond donors (Lipinski definition) is 0. The monoisotopic (exact) mass is 247 g/mol. The molecule has 0 spiro atoms. The molecule has 6 heteroatoms. The molecule has 4 nitrogen and oxygen atoms in total. The van der Waals surface area contributed by atoms with Gasteiger partial charge in [-0.05, 0) is 17.8 Å². The Morgan fingerprint density at radius 2 is 2.20 bits per heavy atom. The highest BCUT2D eigenvalue weighted by molar-refractivity contribution is 8.23. The number of thiocarbonyl (C=S) groups is 1. The van der Waals surface area contributed by atoms with Crippen molar-refractivity contribution in [2.24, 2.45) is 0 Å². The molecule has 15 heavy (non-hydrogen) atoms. The van der Waals surface area contributed by atoms with Crippen molar-refractivity contribution in [2.45, 2.75) is 5.62 Å². The molecule has 1 saturated heterocycles. The van der Waals surface area contributed by atoms with Crippen LogP contribution in [0.5, 0.6) is 0 Å². The minimum atomic E-state index is -0.301. The van der Waals surface area contributed by atoms with E-state index >= 15 is 0 Å². The lowest BCUT2D eigenvalue weighted by molar-refractivity contribution is -0.0446. The molecular weight excluding hydrogens is 234 g/mol. The molecule has 0 aromatic rings. The summed E-state index contributed by atoms with van der Waals surface area (Å²) in [6.45, 7) is 3.78. The molecule has 0 bridgehead atoms. The van der Waals surface area contributed by atoms with Crippen LogP contribution in [0, 0.1) is 0 Å². The molecule has 84 valence electrons. The van der Waals surface area contributed by atoms with Gasteiger partial charge in [0.15, 0.2) is 0 Å². The molecule has 2 aliphatic heterocycles. The molecule has 1 atom stereocenters. The number of morpholine rings is 1. The van der Waals surface area contributed by atoms with Gasteiger partial charge < -0.3 is 19.1 Å². The van der Waals surface area contributed by atoms with Gasteiger partial charge in [0, 0.05) is 13.1 Å². The Balaban J connectivity index is 1.77. The predicted molar refractivity (Wildman–Crippen MR) is 62.5 cm³/mol. The summed E-state index contributed by atoms with van der Waals surface area (Å²) in [5.41, 5.74) is -0.301. The SMILES string of the molecule is S=C(SC1OC=CCO1)N1CCOCC1. The van der Waals surface area contributed by atoms with E-state index in [0.717, 1.165) is 30.6 Å². The van der Waals surface area contributed by atoms with Gasteiger partial charge in [0.25, 0.3) is 5.62 Å². The molecule has 0 amide bonds. The van der Waals surface area contributed by atoms with E-state index < -0.39 is 0 Å². The third kappa shape index (κ3) is 3.34. The number of rotatable bonds is 1. The maximum atomic E-state index is 5.35. The summed E-state index contributed by atoms with van der Waals surface area (Å²) in [4.78, 5) is 2.12. The number of thioether (sulfide) groups is 1. The van der Waals surface area contributed by atoms with Crippen LogP contribution in [-0.2, 0) is 14.2 Å². The van der Waals surface area contributed by atoms with Gasteiger partial charge in [0.05, 0.1) is 26.1 Å². The molecule has 0 radical (unpaired) electrons. The summed E-state index contributed by atoms with van der Waals surface area (Å²) in [6.07, 6.45) is 3.48. The van der Waals surface area contributed by atoms with E-state index in [-0.39, 0.29) is 5.62 Å². The fraction of sp³-hybridized carbons (Fsp3) is 0.667. The van der Waals surface area contributed by atoms with E-state index in [0.29, 0.717) is 6.61 Å². The smallest absolute Gasteiger partial charge is 0.255 e. The van der Waals surface area contributed by atoms with E-state index in [1.165, 1.54) is 11.8 Å². The van der Waals surface area contributed by atoms with E-state index in [4.69, 9.17) is 26.4 Å². The zero-order valence-electron chi connectivity index (χ0n) is 8.26. The third-order valence-electron chi connectivity index (χ3n) is 2.08. The standard InChI is InChI=1S/C9H13NO3S2/c14-8(10-2-6-11-7-3-10)15-9-12-4-1-5-13-9/h1,4,9H,2-3,5-7H2. The summed E-state index contributed by atoms with van der Waals surface area (Å²) in [5.74, 6) is 0. The molecule has 1 unspecified atom stereocenters. The molecule has 0 aliphatic carbocycles. The van der Waals surface area contributed by atoms with Crippen LogP contribution in [-0.4, -0.2) is 47.8 Å². The first-order valence-electron chi connectivity index (χ1n) is 4.81. The average Bonchev–Trinajstić information content (AvgIpc) is 2.31. The first-order valence-corrected chi connectivity index (χ1v) is 6.10. The molecule has 0 saturated carbocycles. The molecule has 2 rings (SSSR count). The van der Waals surface area contributed by atoms with Crippen molar-refractivity contribution in [3.8, 4) is 0 Å². The minimum Gasteiger partial charge on any atom is -0.463 e. The summed E-state index contributed by atoms with van der Waals surface area (Å²) >= 11 is 6.74. The van der Waals surface area contributed by atoms with Gasteiger partial charge in [-0.25, -0.2) is 0 Å². The Hall–Kier alpha value is -0.300. The highest BCUT2D eigenvalue weighted by Gasteiger charge is 2.20. The van der Waals surface area contributed by atoms with Gasteiger partial charge >= 0.3 is 0 Å². The molecule has 0 N–H and O–H groups in total. The highest BCUT2D eigenvalue weighted by atomic mass is 32.2. The fourth-order valence-corrected chi connectivity index (χ4v) is 2.48. The maximum Gasteiger partial charge on any atom is 0.255 e. The quantitative estimate of drug-likeness (QED) is 0.647. The Bertz CT molecular complexity index is 254. The lowest BCUT2D eigenvalue weighted by Gasteiger charge is -2.30. The van der Waals surface area contributed by atoms with Crippen LogP contribution in [0.4, 0.5) is 0 Å². The first-order chi connectivity index (χ1) is 7.36. The summed E-state index contributed by atoms with van der Waals surface area (Å²) < 4.78 is 16.7. The van der Waals surface area contributed by atoms with Crippen molar-refractivity contribution in [1.29, 1.82) is 0 Å².